The summed E-state index contributed by atoms with van der Waals surface area (Å²) >= 11 is 0. The number of alkyl halides is 3. The predicted molar refractivity (Wildman–Crippen MR) is 55.9 cm³/mol. The Kier molecular flexibility index (Phi) is 3.66. The first-order valence-electron chi connectivity index (χ1n) is 4.85. The van der Waals surface area contributed by atoms with E-state index in [1.165, 1.54) is 13.2 Å². The van der Waals surface area contributed by atoms with Crippen LogP contribution in [0, 0.1) is 5.82 Å². The van der Waals surface area contributed by atoms with E-state index in [0.717, 1.165) is 12.1 Å². The molecule has 0 fully saturated rings. The Bertz CT molecular complexity index is 469. The Morgan fingerprint density at radius 3 is 2.28 bits per heavy atom. The third-order valence-corrected chi connectivity index (χ3v) is 2.48. The highest BCUT2D eigenvalue weighted by Crippen LogP contribution is 2.32. The van der Waals surface area contributed by atoms with Gasteiger partial charge < -0.3 is 10.5 Å². The zero-order chi connectivity index (χ0) is 14.1. The second kappa shape index (κ2) is 4.56. The number of hydrogen-bond acceptors (Lipinski definition) is 3. The predicted octanol–water partition coefficient (Wildman–Crippen LogP) is 2.30. The summed E-state index contributed by atoms with van der Waals surface area (Å²) in [6.07, 6.45) is -4.96. The first-order chi connectivity index (χ1) is 8.11. The molecule has 0 spiro atoms. The summed E-state index contributed by atoms with van der Waals surface area (Å²) in [6, 6.07) is 2.91. The molecule has 18 heavy (non-hydrogen) atoms. The molecule has 0 aliphatic carbocycles. The summed E-state index contributed by atoms with van der Waals surface area (Å²) < 4.78 is 55.8. The van der Waals surface area contributed by atoms with Gasteiger partial charge in [-0.05, 0) is 19.1 Å². The molecule has 1 aromatic rings. The molecule has 0 saturated heterocycles. The van der Waals surface area contributed by atoms with Gasteiger partial charge in [-0.3, -0.25) is 4.79 Å². The molecule has 1 atom stereocenters. The van der Waals surface area contributed by atoms with Crippen molar-refractivity contribution in [3.8, 4) is 5.75 Å². The van der Waals surface area contributed by atoms with Crippen LogP contribution in [0.2, 0.25) is 0 Å². The molecule has 1 rings (SSSR count). The number of carbonyl (C=O) groups is 1. The van der Waals surface area contributed by atoms with E-state index in [1.807, 2.05) is 0 Å². The van der Waals surface area contributed by atoms with Gasteiger partial charge in [0.15, 0.2) is 11.3 Å². The molecule has 1 unspecified atom stereocenters. The van der Waals surface area contributed by atoms with Gasteiger partial charge in [0, 0.05) is 6.07 Å². The second-order valence-corrected chi connectivity index (χ2v) is 3.88. The number of carbonyl (C=O) groups excluding carboxylic acids is 1. The fraction of sp³-hybridized carbons (Fsp3) is 0.364. The summed E-state index contributed by atoms with van der Waals surface area (Å²) in [5, 5.41) is 0. The number of rotatable bonds is 3. The maximum Gasteiger partial charge on any atom is 0.413 e. The number of hydrogen-bond donors (Lipinski definition) is 1. The van der Waals surface area contributed by atoms with Crippen LogP contribution >= 0.6 is 0 Å². The lowest BCUT2D eigenvalue weighted by Gasteiger charge is -2.26. The highest BCUT2D eigenvalue weighted by Gasteiger charge is 2.54. The van der Waals surface area contributed by atoms with Crippen molar-refractivity contribution in [2.24, 2.45) is 5.73 Å². The maximum absolute atomic E-state index is 13.5. The van der Waals surface area contributed by atoms with E-state index >= 15 is 0 Å². The Morgan fingerprint density at radius 2 is 1.89 bits per heavy atom. The van der Waals surface area contributed by atoms with Crippen molar-refractivity contribution in [1.29, 1.82) is 0 Å². The number of benzene rings is 1. The van der Waals surface area contributed by atoms with Gasteiger partial charge in [-0.15, -0.1) is 0 Å². The van der Waals surface area contributed by atoms with Crippen molar-refractivity contribution in [1.82, 2.24) is 0 Å². The molecule has 0 aliphatic heterocycles. The molecule has 0 heterocycles. The molecule has 2 N–H and O–H groups in total. The largest absolute Gasteiger partial charge is 0.497 e. The van der Waals surface area contributed by atoms with Crippen LogP contribution in [-0.2, 0) is 0 Å². The molecule has 1 aromatic carbocycles. The minimum atomic E-state index is -4.96. The van der Waals surface area contributed by atoms with Gasteiger partial charge in [-0.25, -0.2) is 4.39 Å². The number of nitrogens with two attached hydrogens (primary N) is 1. The van der Waals surface area contributed by atoms with Gasteiger partial charge in [0.1, 0.15) is 11.6 Å². The monoisotopic (exact) mass is 265 g/mol. The van der Waals surface area contributed by atoms with Crippen LogP contribution in [0.25, 0.3) is 0 Å². The van der Waals surface area contributed by atoms with Gasteiger partial charge in [0.2, 0.25) is 0 Å². The minimum absolute atomic E-state index is 0.0924. The first-order valence-corrected chi connectivity index (χ1v) is 4.85. The van der Waals surface area contributed by atoms with Crippen LogP contribution < -0.4 is 10.5 Å². The summed E-state index contributed by atoms with van der Waals surface area (Å²) in [5.74, 6) is -2.55. The molecule has 100 valence electrons. The SMILES string of the molecule is COc1ccc(C(=O)C(C)(N)C(F)(F)F)c(F)c1. The van der Waals surface area contributed by atoms with Crippen LogP contribution in [-0.4, -0.2) is 24.6 Å². The average Bonchev–Trinajstić information content (AvgIpc) is 2.26. The molecule has 0 saturated carbocycles. The average molecular weight is 265 g/mol. The van der Waals surface area contributed by atoms with Crippen molar-refractivity contribution < 1.29 is 27.1 Å². The Morgan fingerprint density at radius 1 is 1.33 bits per heavy atom. The smallest absolute Gasteiger partial charge is 0.413 e. The second-order valence-electron chi connectivity index (χ2n) is 3.88. The van der Waals surface area contributed by atoms with Gasteiger partial charge in [-0.1, -0.05) is 0 Å². The lowest BCUT2D eigenvalue weighted by Crippen LogP contribution is -2.57. The van der Waals surface area contributed by atoms with E-state index in [2.05, 4.69) is 4.74 Å². The summed E-state index contributed by atoms with van der Waals surface area (Å²) in [4.78, 5) is 11.6. The van der Waals surface area contributed by atoms with E-state index in [0.29, 0.717) is 6.92 Å². The Labute approximate surface area is 101 Å². The number of halogens is 4. The third kappa shape index (κ3) is 2.45. The van der Waals surface area contributed by atoms with Crippen LogP contribution in [0.5, 0.6) is 5.75 Å². The molecule has 7 heteroatoms. The standard InChI is InChI=1S/C11H11F4NO2/c1-10(16,11(13,14)15)9(17)7-4-3-6(18-2)5-8(7)12/h3-5H,16H2,1-2H3. The van der Waals surface area contributed by atoms with Gasteiger partial charge in [-0.2, -0.15) is 13.2 Å². The lowest BCUT2D eigenvalue weighted by atomic mass is 9.91. The Hall–Kier alpha value is -1.63. The molecule has 0 aromatic heterocycles. The van der Waals surface area contributed by atoms with Gasteiger partial charge in [0.05, 0.1) is 12.7 Å². The highest BCUT2D eigenvalue weighted by molar-refractivity contribution is 6.03. The molecular weight excluding hydrogens is 254 g/mol. The number of ether oxygens (including phenoxy) is 1. The van der Waals surface area contributed by atoms with E-state index in [9.17, 15) is 22.4 Å². The van der Waals surface area contributed by atoms with Gasteiger partial charge in [0.25, 0.3) is 0 Å². The fourth-order valence-electron chi connectivity index (χ4n) is 1.22. The van der Waals surface area contributed by atoms with Crippen LogP contribution in [0.1, 0.15) is 17.3 Å². The third-order valence-electron chi connectivity index (χ3n) is 2.48. The van der Waals surface area contributed by atoms with E-state index in [-0.39, 0.29) is 5.75 Å². The minimum Gasteiger partial charge on any atom is -0.497 e. The van der Waals surface area contributed by atoms with Gasteiger partial charge >= 0.3 is 6.18 Å². The van der Waals surface area contributed by atoms with Crippen molar-refractivity contribution >= 4 is 5.78 Å². The Balaban J connectivity index is 3.20. The molecule has 0 amide bonds. The highest BCUT2D eigenvalue weighted by atomic mass is 19.4. The fourth-order valence-corrected chi connectivity index (χ4v) is 1.22. The van der Waals surface area contributed by atoms with E-state index in [1.54, 1.807) is 0 Å². The molecule has 3 nitrogen and oxygen atoms in total. The molecule has 0 aliphatic rings. The first kappa shape index (κ1) is 14.4. The number of Topliss-reactive ketones (excluding diaryl/α,β-unsaturated/α-hetero) is 1. The zero-order valence-electron chi connectivity index (χ0n) is 9.64. The van der Waals surface area contributed by atoms with Crippen LogP contribution in [0.3, 0.4) is 0 Å². The summed E-state index contributed by atoms with van der Waals surface area (Å²) in [6.45, 7) is 0.499. The normalized spacial score (nSPS) is 15.1. The van der Waals surface area contributed by atoms with Crippen LogP contribution in [0.15, 0.2) is 18.2 Å². The van der Waals surface area contributed by atoms with E-state index in [4.69, 9.17) is 5.73 Å². The number of methoxy groups -OCH3 is 1. The molecular formula is C11H11F4NO2. The molecule has 0 bridgehead atoms. The van der Waals surface area contributed by atoms with E-state index < -0.39 is 28.9 Å². The summed E-state index contributed by atoms with van der Waals surface area (Å²) in [7, 11) is 1.26. The van der Waals surface area contributed by atoms with Crippen molar-refractivity contribution in [2.75, 3.05) is 7.11 Å². The quantitative estimate of drug-likeness (QED) is 0.674. The molecule has 0 radical (unpaired) electrons. The zero-order valence-corrected chi connectivity index (χ0v) is 9.64. The lowest BCUT2D eigenvalue weighted by molar-refractivity contribution is -0.165. The summed E-state index contributed by atoms with van der Waals surface area (Å²) in [5.41, 5.74) is 1.08. The van der Waals surface area contributed by atoms with Crippen molar-refractivity contribution in [3.63, 3.8) is 0 Å². The van der Waals surface area contributed by atoms with Crippen LogP contribution in [0.4, 0.5) is 17.6 Å². The maximum atomic E-state index is 13.5. The van der Waals surface area contributed by atoms with Crippen molar-refractivity contribution in [3.05, 3.63) is 29.6 Å². The number of ketones is 1. The topological polar surface area (TPSA) is 52.3 Å². The van der Waals surface area contributed by atoms with Crippen molar-refractivity contribution in [2.45, 2.75) is 18.6 Å².